The normalized spacial score (nSPS) is 11.1. The smallest absolute Gasteiger partial charge is 0.0210 e. The van der Waals surface area contributed by atoms with Gasteiger partial charge in [-0.1, -0.05) is 38.1 Å². The third-order valence-electron chi connectivity index (χ3n) is 2.98. The molecule has 1 aromatic carbocycles. The first kappa shape index (κ1) is 13.3. The van der Waals surface area contributed by atoms with E-state index in [0.29, 0.717) is 6.04 Å². The van der Waals surface area contributed by atoms with Gasteiger partial charge in [0, 0.05) is 28.8 Å². The van der Waals surface area contributed by atoms with Crippen molar-refractivity contribution in [1.82, 2.24) is 5.32 Å². The van der Waals surface area contributed by atoms with Crippen molar-refractivity contribution >= 4 is 11.3 Å². The summed E-state index contributed by atoms with van der Waals surface area (Å²) in [5.74, 6) is 0. The van der Waals surface area contributed by atoms with Crippen LogP contribution in [0.25, 0.3) is 0 Å². The van der Waals surface area contributed by atoms with E-state index in [0.717, 1.165) is 13.0 Å². The lowest BCUT2D eigenvalue weighted by molar-refractivity contribution is 0.587. The number of rotatable bonds is 5. The molecule has 0 saturated heterocycles. The van der Waals surface area contributed by atoms with Gasteiger partial charge in [-0.2, -0.15) is 0 Å². The van der Waals surface area contributed by atoms with E-state index in [-0.39, 0.29) is 0 Å². The van der Waals surface area contributed by atoms with Gasteiger partial charge in [-0.3, -0.25) is 0 Å². The molecule has 96 valence electrons. The second-order valence-corrected chi connectivity index (χ2v) is 6.37. The predicted octanol–water partition coefficient (Wildman–Crippen LogP) is 4.15. The molecule has 1 nitrogen and oxygen atoms in total. The lowest BCUT2D eigenvalue weighted by Crippen LogP contribution is -2.22. The van der Waals surface area contributed by atoms with Gasteiger partial charge in [0.25, 0.3) is 0 Å². The summed E-state index contributed by atoms with van der Waals surface area (Å²) in [4.78, 5) is 2.84. The first-order valence-electron chi connectivity index (χ1n) is 6.50. The molecule has 0 aliphatic carbocycles. The van der Waals surface area contributed by atoms with Gasteiger partial charge >= 0.3 is 0 Å². The molecule has 0 atom stereocenters. The molecule has 0 aliphatic heterocycles. The Morgan fingerprint density at radius 1 is 1.06 bits per heavy atom. The highest BCUT2D eigenvalue weighted by Crippen LogP contribution is 2.21. The van der Waals surface area contributed by atoms with Crippen LogP contribution in [-0.4, -0.2) is 6.04 Å². The Hall–Kier alpha value is -1.12. The Bertz CT molecular complexity index is 499. The van der Waals surface area contributed by atoms with Crippen molar-refractivity contribution < 1.29 is 0 Å². The van der Waals surface area contributed by atoms with E-state index >= 15 is 0 Å². The largest absolute Gasteiger partial charge is 0.310 e. The summed E-state index contributed by atoms with van der Waals surface area (Å²) in [5.41, 5.74) is 2.85. The van der Waals surface area contributed by atoms with Crippen LogP contribution in [0.4, 0.5) is 0 Å². The molecule has 1 N–H and O–H groups in total. The van der Waals surface area contributed by atoms with Crippen molar-refractivity contribution in [2.75, 3.05) is 0 Å². The predicted molar refractivity (Wildman–Crippen MR) is 80.3 cm³/mol. The summed E-state index contributed by atoms with van der Waals surface area (Å²) in [6, 6.07) is 13.7. The highest BCUT2D eigenvalue weighted by Gasteiger charge is 2.05. The topological polar surface area (TPSA) is 12.0 Å². The van der Waals surface area contributed by atoms with Crippen LogP contribution < -0.4 is 5.32 Å². The standard InChI is InChI=1S/C16H21NS/c1-12(2)17-11-15-7-5-4-6-14(15)10-16-9-8-13(3)18-16/h4-9,12,17H,10-11H2,1-3H3. The average molecular weight is 259 g/mol. The first-order valence-corrected chi connectivity index (χ1v) is 7.32. The van der Waals surface area contributed by atoms with Crippen molar-refractivity contribution in [3.05, 3.63) is 57.3 Å². The zero-order valence-electron chi connectivity index (χ0n) is 11.4. The third-order valence-corrected chi connectivity index (χ3v) is 3.98. The van der Waals surface area contributed by atoms with Crippen LogP contribution >= 0.6 is 11.3 Å². The van der Waals surface area contributed by atoms with Crippen LogP contribution in [0.3, 0.4) is 0 Å². The fourth-order valence-electron chi connectivity index (χ4n) is 1.98. The maximum atomic E-state index is 3.50. The maximum absolute atomic E-state index is 3.50. The maximum Gasteiger partial charge on any atom is 0.0210 e. The van der Waals surface area contributed by atoms with Gasteiger partial charge in [0.1, 0.15) is 0 Å². The minimum atomic E-state index is 0.530. The van der Waals surface area contributed by atoms with Crippen LogP contribution in [0.15, 0.2) is 36.4 Å². The second-order valence-electron chi connectivity index (χ2n) is 4.99. The Morgan fingerprint density at radius 2 is 1.78 bits per heavy atom. The molecule has 2 heteroatoms. The van der Waals surface area contributed by atoms with Gasteiger partial charge in [-0.25, -0.2) is 0 Å². The van der Waals surface area contributed by atoms with E-state index in [2.05, 4.69) is 62.5 Å². The molecule has 0 amide bonds. The van der Waals surface area contributed by atoms with Crippen molar-refractivity contribution in [3.63, 3.8) is 0 Å². The number of hydrogen-bond donors (Lipinski definition) is 1. The Balaban J connectivity index is 2.11. The monoisotopic (exact) mass is 259 g/mol. The molecule has 0 radical (unpaired) electrons. The highest BCUT2D eigenvalue weighted by molar-refractivity contribution is 7.11. The van der Waals surface area contributed by atoms with Crippen LogP contribution in [0.1, 0.15) is 34.7 Å². The molecular weight excluding hydrogens is 238 g/mol. The summed E-state index contributed by atoms with van der Waals surface area (Å²) < 4.78 is 0. The van der Waals surface area contributed by atoms with E-state index < -0.39 is 0 Å². The molecule has 2 aromatic rings. The summed E-state index contributed by atoms with van der Waals surface area (Å²) >= 11 is 1.90. The molecule has 18 heavy (non-hydrogen) atoms. The van der Waals surface area contributed by atoms with Gasteiger partial charge in [-0.05, 0) is 30.2 Å². The third kappa shape index (κ3) is 3.69. The van der Waals surface area contributed by atoms with E-state index in [1.165, 1.54) is 20.9 Å². The van der Waals surface area contributed by atoms with Gasteiger partial charge in [0.15, 0.2) is 0 Å². The Labute approximate surface area is 114 Å². The molecule has 1 heterocycles. The average Bonchev–Trinajstić information content (AvgIpc) is 2.73. The zero-order valence-corrected chi connectivity index (χ0v) is 12.2. The fraction of sp³-hybridized carbons (Fsp3) is 0.375. The van der Waals surface area contributed by atoms with Crippen LogP contribution in [-0.2, 0) is 13.0 Å². The van der Waals surface area contributed by atoms with Crippen LogP contribution in [0.5, 0.6) is 0 Å². The van der Waals surface area contributed by atoms with Crippen LogP contribution in [0.2, 0.25) is 0 Å². The SMILES string of the molecule is Cc1ccc(Cc2ccccc2CNC(C)C)s1. The lowest BCUT2D eigenvalue weighted by Gasteiger charge is -2.12. The summed E-state index contributed by atoms with van der Waals surface area (Å²) in [7, 11) is 0. The molecular formula is C16H21NS. The van der Waals surface area contributed by atoms with Gasteiger partial charge in [-0.15, -0.1) is 11.3 Å². The van der Waals surface area contributed by atoms with Crippen molar-refractivity contribution in [2.24, 2.45) is 0 Å². The van der Waals surface area contributed by atoms with Gasteiger partial charge < -0.3 is 5.32 Å². The van der Waals surface area contributed by atoms with Crippen molar-refractivity contribution in [1.29, 1.82) is 0 Å². The van der Waals surface area contributed by atoms with Gasteiger partial charge in [0.2, 0.25) is 0 Å². The van der Waals surface area contributed by atoms with Crippen molar-refractivity contribution in [2.45, 2.75) is 39.8 Å². The van der Waals surface area contributed by atoms with Crippen LogP contribution in [0, 0.1) is 6.92 Å². The first-order chi connectivity index (χ1) is 8.65. The number of benzene rings is 1. The second kappa shape index (κ2) is 6.17. The highest BCUT2D eigenvalue weighted by atomic mass is 32.1. The number of thiophene rings is 1. The molecule has 0 bridgehead atoms. The Kier molecular flexibility index (Phi) is 4.56. The number of hydrogen-bond acceptors (Lipinski definition) is 2. The molecule has 0 spiro atoms. The lowest BCUT2D eigenvalue weighted by atomic mass is 10.0. The van der Waals surface area contributed by atoms with E-state index in [9.17, 15) is 0 Å². The zero-order chi connectivity index (χ0) is 13.0. The summed E-state index contributed by atoms with van der Waals surface area (Å²) in [6.07, 6.45) is 1.05. The minimum Gasteiger partial charge on any atom is -0.310 e. The molecule has 0 fully saturated rings. The summed E-state index contributed by atoms with van der Waals surface area (Å²) in [6.45, 7) is 7.50. The fourth-order valence-corrected chi connectivity index (χ4v) is 2.90. The van der Waals surface area contributed by atoms with E-state index in [1.807, 2.05) is 11.3 Å². The quantitative estimate of drug-likeness (QED) is 0.850. The molecule has 0 aliphatic rings. The van der Waals surface area contributed by atoms with Crippen molar-refractivity contribution in [3.8, 4) is 0 Å². The molecule has 1 aromatic heterocycles. The Morgan fingerprint density at radius 3 is 2.39 bits per heavy atom. The minimum absolute atomic E-state index is 0.530. The van der Waals surface area contributed by atoms with Gasteiger partial charge in [0.05, 0.1) is 0 Å². The van der Waals surface area contributed by atoms with E-state index in [1.54, 1.807) is 0 Å². The molecule has 2 rings (SSSR count). The van der Waals surface area contributed by atoms with E-state index in [4.69, 9.17) is 0 Å². The molecule has 0 saturated carbocycles. The molecule has 0 unspecified atom stereocenters. The number of nitrogens with one attached hydrogen (secondary N) is 1. The number of aryl methyl sites for hydroxylation is 1. The summed E-state index contributed by atoms with van der Waals surface area (Å²) in [5, 5.41) is 3.50.